The van der Waals surface area contributed by atoms with Gasteiger partial charge in [-0.2, -0.15) is 4.98 Å². The monoisotopic (exact) mass is 653 g/mol. The van der Waals surface area contributed by atoms with Crippen LogP contribution in [0.1, 0.15) is 49.2 Å². The van der Waals surface area contributed by atoms with E-state index in [9.17, 15) is 9.59 Å². The Morgan fingerprint density at radius 2 is 1.88 bits per heavy atom. The second kappa shape index (κ2) is 13.8. The molecule has 1 aromatic carbocycles. The number of rotatable bonds is 10. The summed E-state index contributed by atoms with van der Waals surface area (Å²) < 4.78 is 32.9. The Bertz CT molecular complexity index is 2040. The van der Waals surface area contributed by atoms with Crippen LogP contribution in [0.25, 0.3) is 22.3 Å². The van der Waals surface area contributed by atoms with Crippen molar-refractivity contribution in [2.75, 3.05) is 24.5 Å². The molecular formula is C35H37F2N9O2. The fourth-order valence-corrected chi connectivity index (χ4v) is 6.09. The van der Waals surface area contributed by atoms with E-state index in [1.807, 2.05) is 28.8 Å². The Labute approximate surface area is 276 Å². The second-order valence-corrected chi connectivity index (χ2v) is 12.4. The van der Waals surface area contributed by atoms with Crippen LogP contribution in [0.5, 0.6) is 0 Å². The summed E-state index contributed by atoms with van der Waals surface area (Å²) in [6.45, 7) is 11.5. The minimum absolute atomic E-state index is 0.0127. The fraction of sp³-hybridized carbons (Fsp3) is 0.343. The number of hydrogen-bond acceptors (Lipinski definition) is 8. The molecule has 48 heavy (non-hydrogen) atoms. The molecular weight excluding hydrogens is 616 g/mol. The van der Waals surface area contributed by atoms with E-state index < -0.39 is 17.3 Å². The van der Waals surface area contributed by atoms with Gasteiger partial charge in [-0.3, -0.25) is 14.8 Å². The van der Waals surface area contributed by atoms with Crippen LogP contribution in [0, 0.1) is 11.6 Å². The molecule has 6 rings (SSSR count). The van der Waals surface area contributed by atoms with Gasteiger partial charge < -0.3 is 9.80 Å². The number of amides is 1. The van der Waals surface area contributed by atoms with E-state index >= 15 is 8.78 Å². The molecule has 1 aliphatic heterocycles. The number of anilines is 1. The van der Waals surface area contributed by atoms with Crippen LogP contribution in [0.3, 0.4) is 0 Å². The zero-order valence-electron chi connectivity index (χ0n) is 27.2. The Morgan fingerprint density at radius 1 is 1.06 bits per heavy atom. The number of halogens is 2. The molecule has 1 atom stereocenters. The largest absolute Gasteiger partial charge is 0.350 e. The molecule has 248 valence electrons. The molecule has 13 heteroatoms. The van der Waals surface area contributed by atoms with Gasteiger partial charge in [-0.05, 0) is 79.6 Å². The molecule has 0 unspecified atom stereocenters. The first-order chi connectivity index (χ1) is 23.1. The summed E-state index contributed by atoms with van der Waals surface area (Å²) in [6, 6.07) is 9.69. The molecule has 5 aromatic rings. The maximum Gasteiger partial charge on any atom is 0.348 e. The fourth-order valence-electron chi connectivity index (χ4n) is 6.09. The molecule has 0 aliphatic carbocycles. The lowest BCUT2D eigenvalue weighted by Crippen LogP contribution is -2.54. The molecule has 0 saturated carbocycles. The van der Waals surface area contributed by atoms with Gasteiger partial charge in [-0.1, -0.05) is 31.7 Å². The van der Waals surface area contributed by atoms with E-state index in [-0.39, 0.29) is 40.1 Å². The van der Waals surface area contributed by atoms with Crippen molar-refractivity contribution in [3.8, 4) is 11.3 Å². The third kappa shape index (κ3) is 6.85. The molecule has 11 nitrogen and oxygen atoms in total. The average molecular weight is 654 g/mol. The summed E-state index contributed by atoms with van der Waals surface area (Å²) in [6.07, 6.45) is 6.71. The lowest BCUT2D eigenvalue weighted by Gasteiger charge is -2.40. The van der Waals surface area contributed by atoms with Crippen molar-refractivity contribution in [1.82, 2.24) is 39.8 Å². The highest BCUT2D eigenvalue weighted by atomic mass is 19.1. The lowest BCUT2D eigenvalue weighted by atomic mass is 10.0. The van der Waals surface area contributed by atoms with Crippen LogP contribution in [0.4, 0.5) is 14.6 Å². The third-order valence-electron chi connectivity index (χ3n) is 8.74. The smallest absolute Gasteiger partial charge is 0.348 e. The van der Waals surface area contributed by atoms with Crippen LogP contribution in [-0.2, 0) is 30.6 Å². The summed E-state index contributed by atoms with van der Waals surface area (Å²) in [7, 11) is 0. The van der Waals surface area contributed by atoms with Gasteiger partial charge in [0, 0.05) is 49.7 Å². The van der Waals surface area contributed by atoms with E-state index in [1.165, 1.54) is 23.8 Å². The number of aromatic amines is 1. The first kappa shape index (κ1) is 32.6. The number of hydrogen-bond donors (Lipinski definition) is 1. The molecule has 4 aromatic heterocycles. The molecule has 1 amide bonds. The van der Waals surface area contributed by atoms with Crippen molar-refractivity contribution in [3.05, 3.63) is 106 Å². The zero-order valence-corrected chi connectivity index (χ0v) is 27.2. The number of carbonyl (C=O) groups excluding carboxylic acids is 1. The predicted molar refractivity (Wildman–Crippen MR) is 179 cm³/mol. The molecule has 1 fully saturated rings. The highest BCUT2D eigenvalue weighted by molar-refractivity contribution is 5.90. The first-order valence-corrected chi connectivity index (χ1v) is 16.0. The van der Waals surface area contributed by atoms with Crippen molar-refractivity contribution in [3.63, 3.8) is 0 Å². The van der Waals surface area contributed by atoms with Crippen LogP contribution >= 0.6 is 0 Å². The van der Waals surface area contributed by atoms with Gasteiger partial charge in [-0.25, -0.2) is 23.2 Å². The zero-order chi connectivity index (χ0) is 33.9. The quantitative estimate of drug-likeness (QED) is 0.217. The molecule has 0 radical (unpaired) electrons. The first-order valence-electron chi connectivity index (χ1n) is 16.0. The molecule has 1 N–H and O–H groups in total. The van der Waals surface area contributed by atoms with Gasteiger partial charge in [0.2, 0.25) is 5.91 Å². The topological polar surface area (TPSA) is 126 Å². The number of carbonyl (C=O) groups is 1. The van der Waals surface area contributed by atoms with Gasteiger partial charge >= 0.3 is 5.69 Å². The van der Waals surface area contributed by atoms with Crippen molar-refractivity contribution in [2.45, 2.75) is 58.5 Å². The van der Waals surface area contributed by atoms with E-state index in [1.54, 1.807) is 23.2 Å². The van der Waals surface area contributed by atoms with Crippen LogP contribution in [0.2, 0.25) is 0 Å². The maximum atomic E-state index is 15.8. The minimum atomic E-state index is -0.749. The number of aromatic nitrogens is 7. The highest BCUT2D eigenvalue weighted by Gasteiger charge is 2.29. The third-order valence-corrected chi connectivity index (χ3v) is 8.74. The van der Waals surface area contributed by atoms with Crippen molar-refractivity contribution >= 4 is 22.8 Å². The average Bonchev–Trinajstić information content (AvgIpc) is 3.53. The molecule has 0 spiro atoms. The minimum Gasteiger partial charge on any atom is -0.350 e. The van der Waals surface area contributed by atoms with Gasteiger partial charge in [0.05, 0.1) is 17.3 Å². The highest BCUT2D eigenvalue weighted by Crippen LogP contribution is 2.31. The number of aryl methyl sites for hydroxylation is 4. The molecule has 5 heterocycles. The predicted octanol–water partition coefficient (Wildman–Crippen LogP) is 4.62. The summed E-state index contributed by atoms with van der Waals surface area (Å²) in [4.78, 5) is 43.8. The van der Waals surface area contributed by atoms with Gasteiger partial charge in [0.25, 0.3) is 0 Å². The van der Waals surface area contributed by atoms with E-state index in [2.05, 4.69) is 56.7 Å². The number of nitrogens with zero attached hydrogens (tertiary/aromatic N) is 8. The van der Waals surface area contributed by atoms with Gasteiger partial charge in [0.1, 0.15) is 28.8 Å². The lowest BCUT2D eigenvalue weighted by molar-refractivity contribution is -0.126. The standard InChI is InChI=1S/C35H37F2N9O2/c1-5-31(47)44-14-15-45(22(4)20-44)34-27-18-29(37)32(40-33(27)41-35(48)42-34)26-16-23(7-9-28(26)36)6-8-25-19-39-43-46(25)13-11-24-10-12-38-30(17-24)21(2)3/h5,7,9-10,12,16-19,21-22H,1,6,8,11,13-15,20H2,2-4H3,(H,40,41,42,48)/t22-/m0/s1. The van der Waals surface area contributed by atoms with Crippen molar-refractivity contribution in [1.29, 1.82) is 0 Å². The van der Waals surface area contributed by atoms with Crippen LogP contribution in [0.15, 0.2) is 66.2 Å². The Hall–Kier alpha value is -5.33. The Balaban J connectivity index is 1.21. The number of H-pyrrole nitrogens is 1. The van der Waals surface area contributed by atoms with E-state index in [0.29, 0.717) is 44.9 Å². The maximum absolute atomic E-state index is 15.8. The number of fused-ring (bicyclic) bond motifs is 1. The number of benzene rings is 1. The van der Waals surface area contributed by atoms with Crippen molar-refractivity contribution < 1.29 is 13.6 Å². The molecule has 1 aliphatic rings. The van der Waals surface area contributed by atoms with Crippen LogP contribution < -0.4 is 10.6 Å². The summed E-state index contributed by atoms with van der Waals surface area (Å²) >= 11 is 0. The number of piperazine rings is 1. The van der Waals surface area contributed by atoms with Gasteiger partial charge in [0.15, 0.2) is 0 Å². The van der Waals surface area contributed by atoms with Crippen LogP contribution in [-0.4, -0.2) is 71.4 Å². The van der Waals surface area contributed by atoms with Gasteiger partial charge in [-0.15, -0.1) is 5.10 Å². The second-order valence-electron chi connectivity index (χ2n) is 12.4. The Kier molecular flexibility index (Phi) is 9.37. The summed E-state index contributed by atoms with van der Waals surface area (Å²) in [5.41, 5.74) is 3.12. The summed E-state index contributed by atoms with van der Waals surface area (Å²) in [5.74, 6) is -0.971. The SMILES string of the molecule is C=CC(=O)N1CCN(c2nc(=O)[nH]c3nc(-c4cc(CCc5cnnn5CCc5ccnc(C(C)C)c5)ccc4F)c(F)cc23)[C@@H](C)C1. The van der Waals surface area contributed by atoms with E-state index in [0.717, 1.165) is 23.4 Å². The number of pyridine rings is 2. The molecule has 1 saturated heterocycles. The van der Waals surface area contributed by atoms with Crippen molar-refractivity contribution in [2.24, 2.45) is 0 Å². The van der Waals surface area contributed by atoms with E-state index in [4.69, 9.17) is 0 Å². The summed E-state index contributed by atoms with van der Waals surface area (Å²) in [5, 5.41) is 8.65. The Morgan fingerprint density at radius 3 is 2.65 bits per heavy atom. The normalized spacial score (nSPS) is 15.0. The molecule has 0 bridgehead atoms. The number of nitrogens with one attached hydrogen (secondary N) is 1.